The van der Waals surface area contributed by atoms with Crippen LogP contribution in [0.25, 0.3) is 11.3 Å². The fourth-order valence-corrected chi connectivity index (χ4v) is 2.83. The standard InChI is InChI=1S/C19H25NO2/c1-6-11-20-17(15-8-7-13(2)12-14(15)3)10-9-16(18(20)21)19(4,5)22/h7-10,12,22H,6,11H2,1-5H3. The van der Waals surface area contributed by atoms with Crippen molar-refractivity contribution in [1.82, 2.24) is 4.57 Å². The molecule has 0 radical (unpaired) electrons. The van der Waals surface area contributed by atoms with Crippen molar-refractivity contribution in [2.45, 2.75) is 53.2 Å². The lowest BCUT2D eigenvalue weighted by atomic mass is 9.97. The molecule has 0 spiro atoms. The second kappa shape index (κ2) is 6.09. The number of benzene rings is 1. The Morgan fingerprint density at radius 1 is 1.14 bits per heavy atom. The Morgan fingerprint density at radius 2 is 1.82 bits per heavy atom. The molecule has 1 aromatic heterocycles. The third-order valence-electron chi connectivity index (χ3n) is 3.94. The van der Waals surface area contributed by atoms with Crippen LogP contribution in [0.5, 0.6) is 0 Å². The van der Waals surface area contributed by atoms with E-state index >= 15 is 0 Å². The molecule has 22 heavy (non-hydrogen) atoms. The number of aliphatic hydroxyl groups is 1. The van der Waals surface area contributed by atoms with Crippen LogP contribution in [0, 0.1) is 13.8 Å². The minimum Gasteiger partial charge on any atom is -0.386 e. The number of rotatable bonds is 4. The number of nitrogens with zero attached hydrogens (tertiary/aromatic N) is 1. The second-order valence-electron chi connectivity index (χ2n) is 6.47. The van der Waals surface area contributed by atoms with Gasteiger partial charge in [-0.2, -0.15) is 0 Å². The van der Waals surface area contributed by atoms with Crippen molar-refractivity contribution in [1.29, 1.82) is 0 Å². The molecule has 118 valence electrons. The van der Waals surface area contributed by atoms with Gasteiger partial charge in [0, 0.05) is 17.7 Å². The van der Waals surface area contributed by atoms with Crippen LogP contribution in [0.15, 0.2) is 35.1 Å². The maximum Gasteiger partial charge on any atom is 0.257 e. The van der Waals surface area contributed by atoms with E-state index in [0.29, 0.717) is 12.1 Å². The van der Waals surface area contributed by atoms with E-state index in [0.717, 1.165) is 23.2 Å². The first-order valence-electron chi connectivity index (χ1n) is 7.80. The Morgan fingerprint density at radius 3 is 2.36 bits per heavy atom. The molecule has 0 atom stereocenters. The summed E-state index contributed by atoms with van der Waals surface area (Å²) in [5.41, 5.74) is 3.55. The fraction of sp³-hybridized carbons (Fsp3) is 0.421. The number of hydrogen-bond donors (Lipinski definition) is 1. The summed E-state index contributed by atoms with van der Waals surface area (Å²) >= 11 is 0. The summed E-state index contributed by atoms with van der Waals surface area (Å²) in [5.74, 6) is 0. The maximum absolute atomic E-state index is 12.8. The predicted octanol–water partition coefficient (Wildman–Crippen LogP) is 3.77. The van der Waals surface area contributed by atoms with E-state index in [1.807, 2.05) is 6.07 Å². The Kier molecular flexibility index (Phi) is 4.57. The van der Waals surface area contributed by atoms with Crippen LogP contribution in [-0.4, -0.2) is 9.67 Å². The Hall–Kier alpha value is -1.87. The molecule has 2 aromatic rings. The summed E-state index contributed by atoms with van der Waals surface area (Å²) in [6, 6.07) is 9.95. The highest BCUT2D eigenvalue weighted by molar-refractivity contribution is 5.64. The van der Waals surface area contributed by atoms with Gasteiger partial charge in [-0.3, -0.25) is 4.79 Å². The largest absolute Gasteiger partial charge is 0.386 e. The topological polar surface area (TPSA) is 42.2 Å². The van der Waals surface area contributed by atoms with Gasteiger partial charge in [0.1, 0.15) is 0 Å². The van der Waals surface area contributed by atoms with E-state index < -0.39 is 5.60 Å². The van der Waals surface area contributed by atoms with Gasteiger partial charge in [-0.05, 0) is 51.8 Å². The number of pyridine rings is 1. The first-order valence-corrected chi connectivity index (χ1v) is 7.80. The van der Waals surface area contributed by atoms with Crippen molar-refractivity contribution in [2.24, 2.45) is 0 Å². The van der Waals surface area contributed by atoms with Gasteiger partial charge in [0.15, 0.2) is 0 Å². The van der Waals surface area contributed by atoms with E-state index in [1.54, 1.807) is 24.5 Å². The average Bonchev–Trinajstić information content (AvgIpc) is 2.40. The van der Waals surface area contributed by atoms with Crippen molar-refractivity contribution < 1.29 is 5.11 Å². The van der Waals surface area contributed by atoms with Crippen LogP contribution >= 0.6 is 0 Å². The van der Waals surface area contributed by atoms with Gasteiger partial charge >= 0.3 is 0 Å². The number of aryl methyl sites for hydroxylation is 2. The molecule has 0 aliphatic heterocycles. The molecule has 1 heterocycles. The minimum atomic E-state index is -1.13. The SMILES string of the molecule is CCCn1c(-c2ccc(C)cc2C)ccc(C(C)(C)O)c1=O. The predicted molar refractivity (Wildman–Crippen MR) is 91.1 cm³/mol. The van der Waals surface area contributed by atoms with Crippen molar-refractivity contribution in [3.05, 3.63) is 57.4 Å². The lowest BCUT2D eigenvalue weighted by molar-refractivity contribution is 0.0765. The summed E-state index contributed by atoms with van der Waals surface area (Å²) in [7, 11) is 0. The summed E-state index contributed by atoms with van der Waals surface area (Å²) in [6.07, 6.45) is 0.868. The number of hydrogen-bond acceptors (Lipinski definition) is 2. The fourth-order valence-electron chi connectivity index (χ4n) is 2.83. The third kappa shape index (κ3) is 3.14. The molecule has 3 nitrogen and oxygen atoms in total. The lowest BCUT2D eigenvalue weighted by Crippen LogP contribution is -2.32. The highest BCUT2D eigenvalue weighted by atomic mass is 16.3. The highest BCUT2D eigenvalue weighted by Gasteiger charge is 2.22. The molecule has 1 aromatic carbocycles. The van der Waals surface area contributed by atoms with Gasteiger partial charge in [0.25, 0.3) is 5.56 Å². The van der Waals surface area contributed by atoms with Gasteiger partial charge in [0.05, 0.1) is 11.3 Å². The summed E-state index contributed by atoms with van der Waals surface area (Å²) < 4.78 is 1.78. The summed E-state index contributed by atoms with van der Waals surface area (Å²) in [4.78, 5) is 12.8. The Balaban J connectivity index is 2.71. The molecule has 3 heteroatoms. The van der Waals surface area contributed by atoms with Crippen molar-refractivity contribution in [3.63, 3.8) is 0 Å². The zero-order valence-corrected chi connectivity index (χ0v) is 14.1. The maximum atomic E-state index is 12.8. The molecule has 0 amide bonds. The lowest BCUT2D eigenvalue weighted by Gasteiger charge is -2.21. The Bertz CT molecular complexity index is 736. The zero-order chi connectivity index (χ0) is 16.5. The minimum absolute atomic E-state index is 0.105. The van der Waals surface area contributed by atoms with Gasteiger partial charge in [-0.25, -0.2) is 0 Å². The molecule has 0 unspecified atom stereocenters. The van der Waals surface area contributed by atoms with E-state index in [2.05, 4.69) is 39.0 Å². The second-order valence-corrected chi connectivity index (χ2v) is 6.47. The molecule has 0 fully saturated rings. The average molecular weight is 299 g/mol. The summed E-state index contributed by atoms with van der Waals surface area (Å²) in [6.45, 7) is 10.1. The molecule has 0 saturated heterocycles. The molecule has 0 aliphatic rings. The quantitative estimate of drug-likeness (QED) is 0.933. The van der Waals surface area contributed by atoms with Crippen LogP contribution in [0.1, 0.15) is 43.9 Å². The van der Waals surface area contributed by atoms with Gasteiger partial charge in [-0.1, -0.05) is 30.7 Å². The van der Waals surface area contributed by atoms with E-state index in [9.17, 15) is 9.90 Å². The summed E-state index contributed by atoms with van der Waals surface area (Å²) in [5, 5.41) is 10.2. The van der Waals surface area contributed by atoms with Crippen LogP contribution in [0.2, 0.25) is 0 Å². The molecular weight excluding hydrogens is 274 g/mol. The normalized spacial score (nSPS) is 11.7. The van der Waals surface area contributed by atoms with Gasteiger partial charge in [0.2, 0.25) is 0 Å². The van der Waals surface area contributed by atoms with Crippen LogP contribution < -0.4 is 5.56 Å². The van der Waals surface area contributed by atoms with Gasteiger partial charge < -0.3 is 9.67 Å². The molecule has 1 N–H and O–H groups in total. The van der Waals surface area contributed by atoms with Crippen molar-refractivity contribution >= 4 is 0 Å². The van der Waals surface area contributed by atoms with Crippen LogP contribution in [0.4, 0.5) is 0 Å². The first-order chi connectivity index (χ1) is 10.3. The van der Waals surface area contributed by atoms with Crippen molar-refractivity contribution in [2.75, 3.05) is 0 Å². The highest BCUT2D eigenvalue weighted by Crippen LogP contribution is 2.25. The molecule has 0 bridgehead atoms. The van der Waals surface area contributed by atoms with Crippen LogP contribution in [0.3, 0.4) is 0 Å². The van der Waals surface area contributed by atoms with Crippen LogP contribution in [-0.2, 0) is 12.1 Å². The zero-order valence-electron chi connectivity index (χ0n) is 14.1. The van der Waals surface area contributed by atoms with E-state index in [4.69, 9.17) is 0 Å². The van der Waals surface area contributed by atoms with Gasteiger partial charge in [-0.15, -0.1) is 0 Å². The Labute approximate surface area is 132 Å². The van der Waals surface area contributed by atoms with E-state index in [-0.39, 0.29) is 5.56 Å². The molecule has 0 saturated carbocycles. The monoisotopic (exact) mass is 299 g/mol. The first kappa shape index (κ1) is 16.5. The molecule has 2 rings (SSSR count). The van der Waals surface area contributed by atoms with Crippen molar-refractivity contribution in [3.8, 4) is 11.3 Å². The smallest absolute Gasteiger partial charge is 0.257 e. The molecule has 0 aliphatic carbocycles. The van der Waals surface area contributed by atoms with E-state index in [1.165, 1.54) is 5.56 Å². The molecular formula is C19H25NO2. The number of aromatic nitrogens is 1. The third-order valence-corrected chi connectivity index (χ3v) is 3.94.